The Balaban J connectivity index is 2.56. The zero-order chi connectivity index (χ0) is 11.5. The molecule has 0 fully saturated rings. The molecule has 2 aromatic rings. The average Bonchev–Trinajstić information content (AvgIpc) is 2.71. The summed E-state index contributed by atoms with van der Waals surface area (Å²) in [7, 11) is 1.39. The molecular weight excluding hydrogens is 222 g/mol. The Morgan fingerprint density at radius 2 is 2.31 bits per heavy atom. The number of hydrogen-bond donors (Lipinski definition) is 0. The van der Waals surface area contributed by atoms with Gasteiger partial charge in [-0.25, -0.2) is 4.79 Å². The van der Waals surface area contributed by atoms with E-state index < -0.39 is 0 Å². The molecule has 3 nitrogen and oxygen atoms in total. The van der Waals surface area contributed by atoms with Crippen molar-refractivity contribution in [3.8, 4) is 11.1 Å². The van der Waals surface area contributed by atoms with Crippen LogP contribution >= 0.6 is 11.3 Å². The lowest BCUT2D eigenvalue weighted by atomic mass is 10.0. The van der Waals surface area contributed by atoms with E-state index in [-0.39, 0.29) is 5.97 Å². The van der Waals surface area contributed by atoms with Gasteiger partial charge in [-0.15, -0.1) is 11.3 Å². The Morgan fingerprint density at radius 1 is 1.50 bits per heavy atom. The first kappa shape index (κ1) is 10.8. The largest absolute Gasteiger partial charge is 0.465 e. The normalized spacial score (nSPS) is 10.1. The summed E-state index contributed by atoms with van der Waals surface area (Å²) in [5.74, 6) is -0.294. The number of ether oxygens (including phenoxy) is 1. The summed E-state index contributed by atoms with van der Waals surface area (Å²) in [4.78, 5) is 16.3. The van der Waals surface area contributed by atoms with Crippen molar-refractivity contribution in [2.45, 2.75) is 6.92 Å². The lowest BCUT2D eigenvalue weighted by molar-refractivity contribution is 0.0607. The van der Waals surface area contributed by atoms with Gasteiger partial charge in [0.05, 0.1) is 7.11 Å². The van der Waals surface area contributed by atoms with Crippen molar-refractivity contribution in [1.82, 2.24) is 4.98 Å². The molecule has 2 rings (SSSR count). The second kappa shape index (κ2) is 4.45. The number of aryl methyl sites for hydroxylation is 1. The van der Waals surface area contributed by atoms with Crippen molar-refractivity contribution in [3.05, 3.63) is 40.3 Å². The summed E-state index contributed by atoms with van der Waals surface area (Å²) in [5, 5.41) is 1.95. The van der Waals surface area contributed by atoms with E-state index in [1.807, 2.05) is 24.4 Å². The van der Waals surface area contributed by atoms with Crippen LogP contribution in [0.3, 0.4) is 0 Å². The third kappa shape index (κ3) is 1.84. The fourth-order valence-electron chi connectivity index (χ4n) is 1.56. The van der Waals surface area contributed by atoms with E-state index >= 15 is 0 Å². The SMILES string of the molecule is COC(=O)c1scc(C)c1-c1cccnc1. The van der Waals surface area contributed by atoms with Gasteiger partial charge in [-0.2, -0.15) is 0 Å². The average molecular weight is 233 g/mol. The van der Waals surface area contributed by atoms with E-state index in [0.29, 0.717) is 4.88 Å². The Kier molecular flexibility index (Phi) is 3.01. The van der Waals surface area contributed by atoms with Crippen LogP contribution in [-0.2, 0) is 4.74 Å². The van der Waals surface area contributed by atoms with Gasteiger partial charge in [0, 0.05) is 23.5 Å². The van der Waals surface area contributed by atoms with Crippen molar-refractivity contribution in [3.63, 3.8) is 0 Å². The third-order valence-electron chi connectivity index (χ3n) is 2.30. The van der Waals surface area contributed by atoms with E-state index in [1.54, 1.807) is 12.4 Å². The molecule has 0 saturated heterocycles. The quantitative estimate of drug-likeness (QED) is 0.749. The maximum atomic E-state index is 11.6. The van der Waals surface area contributed by atoms with Crippen LogP contribution in [0.15, 0.2) is 29.9 Å². The van der Waals surface area contributed by atoms with Gasteiger partial charge in [-0.1, -0.05) is 6.07 Å². The smallest absolute Gasteiger partial charge is 0.348 e. The van der Waals surface area contributed by atoms with Crippen molar-refractivity contribution in [2.24, 2.45) is 0 Å². The van der Waals surface area contributed by atoms with Crippen molar-refractivity contribution >= 4 is 17.3 Å². The number of aromatic nitrogens is 1. The van der Waals surface area contributed by atoms with Gasteiger partial charge < -0.3 is 4.74 Å². The van der Waals surface area contributed by atoms with Gasteiger partial charge in [0.25, 0.3) is 0 Å². The molecule has 2 heterocycles. The molecule has 0 spiro atoms. The molecule has 0 unspecified atom stereocenters. The fourth-order valence-corrected chi connectivity index (χ4v) is 2.55. The van der Waals surface area contributed by atoms with Gasteiger partial charge in [0.15, 0.2) is 0 Å². The number of pyridine rings is 1. The van der Waals surface area contributed by atoms with Crippen LogP contribution in [0.5, 0.6) is 0 Å². The molecule has 0 saturated carbocycles. The molecule has 0 aliphatic carbocycles. The molecular formula is C12H11NO2S. The second-order valence-electron chi connectivity index (χ2n) is 3.36. The highest BCUT2D eigenvalue weighted by Gasteiger charge is 2.17. The molecule has 0 bridgehead atoms. The lowest BCUT2D eigenvalue weighted by Crippen LogP contribution is -2.00. The molecule has 0 amide bonds. The van der Waals surface area contributed by atoms with Crippen LogP contribution in [-0.4, -0.2) is 18.1 Å². The first-order chi connectivity index (χ1) is 7.74. The molecule has 82 valence electrons. The van der Waals surface area contributed by atoms with Gasteiger partial charge >= 0.3 is 5.97 Å². The van der Waals surface area contributed by atoms with Gasteiger partial charge in [0.1, 0.15) is 4.88 Å². The van der Waals surface area contributed by atoms with Crippen LogP contribution in [0, 0.1) is 6.92 Å². The first-order valence-corrected chi connectivity index (χ1v) is 5.69. The number of carbonyl (C=O) groups is 1. The minimum absolute atomic E-state index is 0.294. The summed E-state index contributed by atoms with van der Waals surface area (Å²) in [6, 6.07) is 3.79. The van der Waals surface area contributed by atoms with E-state index in [2.05, 4.69) is 4.98 Å². The summed E-state index contributed by atoms with van der Waals surface area (Å²) >= 11 is 1.40. The van der Waals surface area contributed by atoms with Crippen LogP contribution in [0.25, 0.3) is 11.1 Å². The summed E-state index contributed by atoms with van der Waals surface area (Å²) < 4.78 is 4.76. The third-order valence-corrected chi connectivity index (χ3v) is 3.37. The molecule has 0 aromatic carbocycles. The lowest BCUT2D eigenvalue weighted by Gasteiger charge is -2.03. The molecule has 2 aromatic heterocycles. The predicted molar refractivity (Wildman–Crippen MR) is 63.6 cm³/mol. The maximum Gasteiger partial charge on any atom is 0.348 e. The second-order valence-corrected chi connectivity index (χ2v) is 4.24. The maximum absolute atomic E-state index is 11.6. The van der Waals surface area contributed by atoms with Crippen molar-refractivity contribution < 1.29 is 9.53 Å². The highest BCUT2D eigenvalue weighted by molar-refractivity contribution is 7.12. The number of methoxy groups -OCH3 is 1. The molecule has 0 radical (unpaired) electrons. The zero-order valence-corrected chi connectivity index (χ0v) is 9.88. The zero-order valence-electron chi connectivity index (χ0n) is 9.06. The summed E-state index contributed by atoms with van der Waals surface area (Å²) in [6.07, 6.45) is 3.46. The molecule has 0 N–H and O–H groups in total. The fraction of sp³-hybridized carbons (Fsp3) is 0.167. The molecule has 16 heavy (non-hydrogen) atoms. The summed E-state index contributed by atoms with van der Waals surface area (Å²) in [6.45, 7) is 1.98. The number of esters is 1. The van der Waals surface area contributed by atoms with Crippen molar-refractivity contribution in [2.75, 3.05) is 7.11 Å². The van der Waals surface area contributed by atoms with Crippen molar-refractivity contribution in [1.29, 1.82) is 0 Å². The van der Waals surface area contributed by atoms with E-state index in [0.717, 1.165) is 16.7 Å². The van der Waals surface area contributed by atoms with Crippen LogP contribution in [0.1, 0.15) is 15.2 Å². The topological polar surface area (TPSA) is 39.2 Å². The van der Waals surface area contributed by atoms with Gasteiger partial charge in [0.2, 0.25) is 0 Å². The van der Waals surface area contributed by atoms with E-state index in [9.17, 15) is 4.79 Å². The Morgan fingerprint density at radius 3 is 2.94 bits per heavy atom. The number of carbonyl (C=O) groups excluding carboxylic acids is 1. The number of nitrogens with zero attached hydrogens (tertiary/aromatic N) is 1. The van der Waals surface area contributed by atoms with Crippen LogP contribution < -0.4 is 0 Å². The number of rotatable bonds is 2. The highest BCUT2D eigenvalue weighted by Crippen LogP contribution is 2.32. The minimum atomic E-state index is -0.294. The number of thiophene rings is 1. The van der Waals surface area contributed by atoms with Crippen LogP contribution in [0.2, 0.25) is 0 Å². The summed E-state index contributed by atoms with van der Waals surface area (Å²) in [5.41, 5.74) is 2.94. The Labute approximate surface area is 97.7 Å². The first-order valence-electron chi connectivity index (χ1n) is 4.81. The molecule has 4 heteroatoms. The highest BCUT2D eigenvalue weighted by atomic mass is 32.1. The van der Waals surface area contributed by atoms with Gasteiger partial charge in [-0.05, 0) is 23.9 Å². The molecule has 0 aliphatic rings. The molecule has 0 atom stereocenters. The molecule has 0 aliphatic heterocycles. The van der Waals surface area contributed by atoms with E-state index in [4.69, 9.17) is 4.74 Å². The Hall–Kier alpha value is -1.68. The Bertz CT molecular complexity index is 505. The predicted octanol–water partition coefficient (Wildman–Crippen LogP) is 2.91. The number of hydrogen-bond acceptors (Lipinski definition) is 4. The van der Waals surface area contributed by atoms with Gasteiger partial charge in [-0.3, -0.25) is 4.98 Å². The van der Waals surface area contributed by atoms with Crippen LogP contribution in [0.4, 0.5) is 0 Å². The van der Waals surface area contributed by atoms with E-state index in [1.165, 1.54) is 18.4 Å². The standard InChI is InChI=1S/C12H11NO2S/c1-8-7-16-11(12(14)15-2)10(8)9-4-3-5-13-6-9/h3-7H,1-2H3. The monoisotopic (exact) mass is 233 g/mol. The minimum Gasteiger partial charge on any atom is -0.465 e.